The van der Waals surface area contributed by atoms with E-state index < -0.39 is 11.7 Å². The molecule has 2 N–H and O–H groups in total. The molecular weight excluding hydrogens is 437 g/mol. The van der Waals surface area contributed by atoms with Gasteiger partial charge < -0.3 is 20.1 Å². The molecule has 11 heteroatoms. The number of ether oxygens (including phenoxy) is 2. The van der Waals surface area contributed by atoms with Gasteiger partial charge in [-0.05, 0) is 29.8 Å². The first-order chi connectivity index (χ1) is 15.9. The Hall–Kier alpha value is -4.15. The molecule has 2 heterocycles. The number of aromatic nitrogens is 4. The summed E-state index contributed by atoms with van der Waals surface area (Å²) < 4.78 is 49.9. The molecule has 2 aromatic carbocycles. The molecule has 0 spiro atoms. The minimum absolute atomic E-state index is 0.108. The molecular formula is C22H19F3N6O2. The lowest BCUT2D eigenvalue weighted by molar-refractivity contribution is -0.137. The molecule has 33 heavy (non-hydrogen) atoms. The van der Waals surface area contributed by atoms with Crippen molar-refractivity contribution in [2.24, 2.45) is 0 Å². The molecule has 8 nitrogen and oxygen atoms in total. The van der Waals surface area contributed by atoms with Gasteiger partial charge in [0, 0.05) is 24.2 Å². The van der Waals surface area contributed by atoms with Crippen molar-refractivity contribution in [1.82, 2.24) is 19.9 Å². The standard InChI is InChI=1S/C22H19F3N6O2/c1-32-17-9-15-16(10-18(17)33-2)29-21(30-19-6-7-26-12-28-19)31-20(15)27-11-13-4-3-5-14(8-13)22(23,24)25/h3-10,12H,11H2,1-2H3,(H2,26,27,28,29,30,31). The Bertz CT molecular complexity index is 1270. The van der Waals surface area contributed by atoms with E-state index in [0.29, 0.717) is 39.6 Å². The zero-order valence-electron chi connectivity index (χ0n) is 17.6. The summed E-state index contributed by atoms with van der Waals surface area (Å²) in [5, 5.41) is 6.71. The molecule has 2 aromatic heterocycles. The maximum atomic E-state index is 13.1. The van der Waals surface area contributed by atoms with Gasteiger partial charge in [0.25, 0.3) is 0 Å². The first kappa shape index (κ1) is 22.1. The van der Waals surface area contributed by atoms with Crippen LogP contribution < -0.4 is 20.1 Å². The summed E-state index contributed by atoms with van der Waals surface area (Å²) in [6.45, 7) is 0.108. The van der Waals surface area contributed by atoms with E-state index in [2.05, 4.69) is 30.6 Å². The van der Waals surface area contributed by atoms with Gasteiger partial charge in [-0.15, -0.1) is 0 Å². The Kier molecular flexibility index (Phi) is 6.11. The van der Waals surface area contributed by atoms with Gasteiger partial charge in [0.2, 0.25) is 5.95 Å². The third-order valence-corrected chi connectivity index (χ3v) is 4.74. The zero-order chi connectivity index (χ0) is 23.4. The van der Waals surface area contributed by atoms with Crippen LogP contribution >= 0.6 is 0 Å². The average Bonchev–Trinajstić information content (AvgIpc) is 2.82. The lowest BCUT2D eigenvalue weighted by atomic mass is 10.1. The van der Waals surface area contributed by atoms with Gasteiger partial charge in [-0.25, -0.2) is 15.0 Å². The third kappa shape index (κ3) is 5.03. The second-order valence-corrected chi connectivity index (χ2v) is 6.89. The van der Waals surface area contributed by atoms with E-state index in [1.807, 2.05) is 0 Å². The number of nitrogens with zero attached hydrogens (tertiary/aromatic N) is 4. The van der Waals surface area contributed by atoms with Crippen molar-refractivity contribution < 1.29 is 22.6 Å². The van der Waals surface area contributed by atoms with Gasteiger partial charge in [0.05, 0.1) is 25.3 Å². The molecule has 0 saturated carbocycles. The topological polar surface area (TPSA) is 94.1 Å². The molecule has 0 fully saturated rings. The van der Waals surface area contributed by atoms with Gasteiger partial charge >= 0.3 is 6.18 Å². The van der Waals surface area contributed by atoms with Crippen molar-refractivity contribution in [2.45, 2.75) is 12.7 Å². The molecule has 0 radical (unpaired) electrons. The van der Waals surface area contributed by atoms with Crippen LogP contribution in [0, 0.1) is 0 Å². The Balaban J connectivity index is 1.72. The van der Waals surface area contributed by atoms with Crippen molar-refractivity contribution in [3.05, 3.63) is 66.1 Å². The van der Waals surface area contributed by atoms with Crippen LogP contribution in [0.4, 0.5) is 30.8 Å². The number of halogens is 3. The molecule has 0 aliphatic carbocycles. The molecule has 0 unspecified atom stereocenters. The molecule has 0 aliphatic heterocycles. The highest BCUT2D eigenvalue weighted by molar-refractivity contribution is 5.93. The largest absolute Gasteiger partial charge is 0.493 e. The highest BCUT2D eigenvalue weighted by Crippen LogP contribution is 2.35. The van der Waals surface area contributed by atoms with Gasteiger partial charge in [0.15, 0.2) is 11.5 Å². The maximum Gasteiger partial charge on any atom is 0.416 e. The summed E-state index contributed by atoms with van der Waals surface area (Å²) in [5.74, 6) is 2.05. The fraction of sp³-hybridized carbons (Fsp3) is 0.182. The van der Waals surface area contributed by atoms with Crippen molar-refractivity contribution in [3.8, 4) is 11.5 Å². The number of rotatable bonds is 7. The van der Waals surface area contributed by atoms with Gasteiger partial charge in [-0.1, -0.05) is 12.1 Å². The first-order valence-corrected chi connectivity index (χ1v) is 9.74. The Labute approximate surface area is 186 Å². The van der Waals surface area contributed by atoms with Crippen molar-refractivity contribution in [2.75, 3.05) is 24.9 Å². The summed E-state index contributed by atoms with van der Waals surface area (Å²) in [6, 6.07) is 10.2. The minimum atomic E-state index is -4.42. The fourth-order valence-corrected chi connectivity index (χ4v) is 3.17. The van der Waals surface area contributed by atoms with Crippen LogP contribution in [-0.2, 0) is 12.7 Å². The third-order valence-electron chi connectivity index (χ3n) is 4.74. The van der Waals surface area contributed by atoms with E-state index in [4.69, 9.17) is 9.47 Å². The molecule has 0 amide bonds. The predicted octanol–water partition coefficient (Wildman–Crippen LogP) is 4.81. The summed E-state index contributed by atoms with van der Waals surface area (Å²) in [5.41, 5.74) is 0.264. The van der Waals surface area contributed by atoms with E-state index in [9.17, 15) is 13.2 Å². The molecule has 0 aliphatic rings. The lowest BCUT2D eigenvalue weighted by Gasteiger charge is -2.15. The number of nitrogens with one attached hydrogen (secondary N) is 2. The fourth-order valence-electron chi connectivity index (χ4n) is 3.17. The number of benzene rings is 2. The molecule has 0 saturated heterocycles. The second kappa shape index (κ2) is 9.15. The van der Waals surface area contributed by atoms with E-state index in [1.165, 1.54) is 26.6 Å². The van der Waals surface area contributed by atoms with Crippen LogP contribution in [0.5, 0.6) is 11.5 Å². The zero-order valence-corrected chi connectivity index (χ0v) is 17.6. The summed E-state index contributed by atoms with van der Waals surface area (Å²) in [6.07, 6.45) is -1.47. The second-order valence-electron chi connectivity index (χ2n) is 6.89. The van der Waals surface area contributed by atoms with E-state index >= 15 is 0 Å². The van der Waals surface area contributed by atoms with Crippen molar-refractivity contribution >= 4 is 28.5 Å². The highest BCUT2D eigenvalue weighted by atomic mass is 19.4. The van der Waals surface area contributed by atoms with Gasteiger partial charge in [-0.2, -0.15) is 18.2 Å². The van der Waals surface area contributed by atoms with Crippen molar-refractivity contribution in [3.63, 3.8) is 0 Å². The van der Waals surface area contributed by atoms with E-state index in [1.54, 1.807) is 30.5 Å². The number of methoxy groups -OCH3 is 2. The summed E-state index contributed by atoms with van der Waals surface area (Å²) in [4.78, 5) is 17.0. The van der Waals surface area contributed by atoms with Crippen LogP contribution in [-0.4, -0.2) is 34.2 Å². The van der Waals surface area contributed by atoms with E-state index in [0.717, 1.165) is 12.1 Å². The number of fused-ring (bicyclic) bond motifs is 1. The molecule has 4 aromatic rings. The summed E-state index contributed by atoms with van der Waals surface area (Å²) >= 11 is 0. The van der Waals surface area contributed by atoms with Crippen LogP contribution in [0.15, 0.2) is 55.0 Å². The maximum absolute atomic E-state index is 13.1. The average molecular weight is 456 g/mol. The number of alkyl halides is 3. The number of hydrogen-bond acceptors (Lipinski definition) is 8. The first-order valence-electron chi connectivity index (χ1n) is 9.74. The lowest BCUT2D eigenvalue weighted by Crippen LogP contribution is -2.09. The van der Waals surface area contributed by atoms with Crippen LogP contribution in [0.3, 0.4) is 0 Å². The predicted molar refractivity (Wildman–Crippen MR) is 117 cm³/mol. The monoisotopic (exact) mass is 456 g/mol. The van der Waals surface area contributed by atoms with E-state index in [-0.39, 0.29) is 12.5 Å². The number of hydrogen-bond donors (Lipinski definition) is 2. The smallest absolute Gasteiger partial charge is 0.416 e. The van der Waals surface area contributed by atoms with Crippen LogP contribution in [0.25, 0.3) is 10.9 Å². The Morgan fingerprint density at radius 2 is 1.76 bits per heavy atom. The normalized spacial score (nSPS) is 11.3. The van der Waals surface area contributed by atoms with Crippen LogP contribution in [0.1, 0.15) is 11.1 Å². The quantitative estimate of drug-likeness (QED) is 0.409. The van der Waals surface area contributed by atoms with Gasteiger partial charge in [0.1, 0.15) is 18.0 Å². The SMILES string of the molecule is COc1cc2nc(Nc3ccncn3)nc(NCc3cccc(C(F)(F)F)c3)c2cc1OC. The molecule has 0 atom stereocenters. The highest BCUT2D eigenvalue weighted by Gasteiger charge is 2.30. The molecule has 170 valence electrons. The minimum Gasteiger partial charge on any atom is -0.493 e. The van der Waals surface area contributed by atoms with Crippen molar-refractivity contribution in [1.29, 1.82) is 0 Å². The molecule has 4 rings (SSSR count). The Morgan fingerprint density at radius 1 is 0.970 bits per heavy atom. The summed E-state index contributed by atoms with van der Waals surface area (Å²) in [7, 11) is 3.02. The number of anilines is 3. The Morgan fingerprint density at radius 3 is 2.45 bits per heavy atom. The van der Waals surface area contributed by atoms with Crippen LogP contribution in [0.2, 0.25) is 0 Å². The molecule has 0 bridgehead atoms. The van der Waals surface area contributed by atoms with Gasteiger partial charge in [-0.3, -0.25) is 0 Å².